The van der Waals surface area contributed by atoms with Crippen LogP contribution in [0.2, 0.25) is 0 Å². The number of hydrogen-bond acceptors (Lipinski definition) is 8. The number of benzene rings is 1. The Morgan fingerprint density at radius 1 is 1.10 bits per heavy atom. The fourth-order valence-electron chi connectivity index (χ4n) is 3.72. The number of carbonyl (C=O) groups excluding carboxylic acids is 1. The Bertz CT molecular complexity index is 1180. The van der Waals surface area contributed by atoms with Crippen molar-refractivity contribution in [3.05, 3.63) is 65.1 Å². The minimum absolute atomic E-state index is 0.432. The van der Waals surface area contributed by atoms with Crippen LogP contribution in [0.25, 0.3) is 22.2 Å². The SMILES string of the molecule is O=CC(c1cncc(-c2ncnc3cc(N4CCOCC4)ccc23)c1)c1nccs1. The lowest BCUT2D eigenvalue weighted by atomic mass is 9.99. The van der Waals surface area contributed by atoms with Crippen molar-refractivity contribution in [2.24, 2.45) is 0 Å². The molecule has 0 radical (unpaired) electrons. The van der Waals surface area contributed by atoms with Crippen molar-refractivity contribution in [3.63, 3.8) is 0 Å². The molecule has 0 amide bonds. The van der Waals surface area contributed by atoms with Crippen LogP contribution in [-0.2, 0) is 9.53 Å². The molecule has 0 saturated carbocycles. The van der Waals surface area contributed by atoms with Crippen molar-refractivity contribution >= 4 is 34.2 Å². The summed E-state index contributed by atoms with van der Waals surface area (Å²) in [5, 5.41) is 3.57. The zero-order valence-corrected chi connectivity index (χ0v) is 17.0. The van der Waals surface area contributed by atoms with Gasteiger partial charge in [-0.1, -0.05) is 0 Å². The smallest absolute Gasteiger partial charge is 0.134 e. The molecule has 4 aromatic rings. The van der Waals surface area contributed by atoms with Gasteiger partial charge in [0.25, 0.3) is 0 Å². The van der Waals surface area contributed by atoms with Gasteiger partial charge in [0.15, 0.2) is 0 Å². The van der Waals surface area contributed by atoms with Crippen LogP contribution >= 0.6 is 11.3 Å². The molecule has 0 N–H and O–H groups in total. The number of aromatic nitrogens is 4. The van der Waals surface area contributed by atoms with Crippen LogP contribution < -0.4 is 4.90 Å². The van der Waals surface area contributed by atoms with Gasteiger partial charge in [-0.2, -0.15) is 0 Å². The first kappa shape index (κ1) is 18.8. The quantitative estimate of drug-likeness (QED) is 0.461. The van der Waals surface area contributed by atoms with Crippen LogP contribution in [0.15, 0.2) is 54.6 Å². The van der Waals surface area contributed by atoms with E-state index in [2.05, 4.69) is 43.0 Å². The Morgan fingerprint density at radius 2 is 2.00 bits per heavy atom. The summed E-state index contributed by atoms with van der Waals surface area (Å²) in [6.07, 6.45) is 7.67. The minimum atomic E-state index is -0.432. The second-order valence-corrected chi connectivity index (χ2v) is 7.94. The normalized spacial score (nSPS) is 15.3. The van der Waals surface area contributed by atoms with E-state index in [0.717, 1.165) is 71.0 Å². The van der Waals surface area contributed by atoms with E-state index < -0.39 is 5.92 Å². The highest BCUT2D eigenvalue weighted by Crippen LogP contribution is 2.31. The molecular formula is C22H19N5O2S. The van der Waals surface area contributed by atoms with Crippen molar-refractivity contribution in [2.45, 2.75) is 5.92 Å². The zero-order chi connectivity index (χ0) is 20.3. The maximum Gasteiger partial charge on any atom is 0.134 e. The summed E-state index contributed by atoms with van der Waals surface area (Å²) in [7, 11) is 0. The summed E-state index contributed by atoms with van der Waals surface area (Å²) in [4.78, 5) is 31.7. The van der Waals surface area contributed by atoms with Crippen molar-refractivity contribution < 1.29 is 9.53 Å². The number of ether oxygens (including phenoxy) is 1. The van der Waals surface area contributed by atoms with Crippen molar-refractivity contribution in [2.75, 3.05) is 31.2 Å². The summed E-state index contributed by atoms with van der Waals surface area (Å²) in [5.41, 5.74) is 4.46. The van der Waals surface area contributed by atoms with E-state index in [1.54, 1.807) is 24.9 Å². The molecule has 30 heavy (non-hydrogen) atoms. The second kappa shape index (κ2) is 8.25. The molecular weight excluding hydrogens is 398 g/mol. The summed E-state index contributed by atoms with van der Waals surface area (Å²) >= 11 is 1.46. The first-order chi connectivity index (χ1) is 14.8. The fourth-order valence-corrected chi connectivity index (χ4v) is 4.44. The number of hydrogen-bond donors (Lipinski definition) is 0. The van der Waals surface area contributed by atoms with Crippen LogP contribution in [0.5, 0.6) is 0 Å². The van der Waals surface area contributed by atoms with Crippen molar-refractivity contribution in [1.29, 1.82) is 0 Å². The number of rotatable bonds is 5. The molecule has 8 heteroatoms. The van der Waals surface area contributed by atoms with Crippen LogP contribution in [0.1, 0.15) is 16.5 Å². The number of morpholine rings is 1. The van der Waals surface area contributed by atoms with Gasteiger partial charge in [-0.05, 0) is 29.8 Å². The molecule has 4 heterocycles. The van der Waals surface area contributed by atoms with Crippen molar-refractivity contribution in [3.8, 4) is 11.3 Å². The number of nitrogens with zero attached hydrogens (tertiary/aromatic N) is 5. The van der Waals surface area contributed by atoms with Crippen LogP contribution in [0.4, 0.5) is 5.69 Å². The summed E-state index contributed by atoms with van der Waals surface area (Å²) in [6.45, 7) is 3.23. The monoisotopic (exact) mass is 417 g/mol. The Morgan fingerprint density at radius 3 is 2.80 bits per heavy atom. The molecule has 1 unspecified atom stereocenters. The number of anilines is 1. The van der Waals surface area contributed by atoms with E-state index in [1.807, 2.05) is 11.4 Å². The maximum absolute atomic E-state index is 11.8. The molecule has 1 aliphatic rings. The molecule has 1 atom stereocenters. The molecule has 0 spiro atoms. The average molecular weight is 417 g/mol. The Labute approximate surface area is 177 Å². The van der Waals surface area contributed by atoms with E-state index in [4.69, 9.17) is 4.74 Å². The molecule has 1 saturated heterocycles. The molecule has 150 valence electrons. The van der Waals surface area contributed by atoms with Gasteiger partial charge in [0, 0.05) is 53.7 Å². The van der Waals surface area contributed by atoms with E-state index in [1.165, 1.54) is 11.3 Å². The molecule has 1 aromatic carbocycles. The Hall–Kier alpha value is -3.23. The third kappa shape index (κ3) is 3.55. The fraction of sp³-hybridized carbons (Fsp3) is 0.227. The van der Waals surface area contributed by atoms with Gasteiger partial charge in [-0.15, -0.1) is 11.3 Å². The molecule has 1 fully saturated rings. The first-order valence-corrected chi connectivity index (χ1v) is 10.6. The highest BCUT2D eigenvalue weighted by molar-refractivity contribution is 7.09. The highest BCUT2D eigenvalue weighted by atomic mass is 32.1. The van der Waals surface area contributed by atoms with Gasteiger partial charge in [0.1, 0.15) is 17.6 Å². The minimum Gasteiger partial charge on any atom is -0.378 e. The van der Waals surface area contributed by atoms with Crippen molar-refractivity contribution in [1.82, 2.24) is 19.9 Å². The summed E-state index contributed by atoms with van der Waals surface area (Å²) < 4.78 is 5.45. The molecule has 0 aliphatic carbocycles. The molecule has 3 aromatic heterocycles. The lowest BCUT2D eigenvalue weighted by Crippen LogP contribution is -2.36. The van der Waals surface area contributed by atoms with Crippen LogP contribution in [0, 0.1) is 0 Å². The third-order valence-electron chi connectivity index (χ3n) is 5.24. The lowest BCUT2D eigenvalue weighted by Gasteiger charge is -2.29. The predicted octanol–water partition coefficient (Wildman–Crippen LogP) is 3.32. The number of aldehydes is 1. The number of carbonyl (C=O) groups is 1. The zero-order valence-electron chi connectivity index (χ0n) is 16.1. The van der Waals surface area contributed by atoms with Crippen LogP contribution in [0.3, 0.4) is 0 Å². The Kier molecular flexibility index (Phi) is 5.17. The topological polar surface area (TPSA) is 81.1 Å². The molecule has 0 bridgehead atoms. The van der Waals surface area contributed by atoms with E-state index in [9.17, 15) is 4.79 Å². The van der Waals surface area contributed by atoms with Gasteiger partial charge in [0.2, 0.25) is 0 Å². The molecule has 7 nitrogen and oxygen atoms in total. The maximum atomic E-state index is 11.8. The third-order valence-corrected chi connectivity index (χ3v) is 6.10. The number of thiazole rings is 1. The van der Waals surface area contributed by atoms with E-state index in [0.29, 0.717) is 0 Å². The lowest BCUT2D eigenvalue weighted by molar-refractivity contribution is -0.108. The Balaban J connectivity index is 1.54. The first-order valence-electron chi connectivity index (χ1n) is 9.71. The average Bonchev–Trinajstić information content (AvgIpc) is 3.34. The highest BCUT2D eigenvalue weighted by Gasteiger charge is 2.18. The largest absolute Gasteiger partial charge is 0.378 e. The second-order valence-electron chi connectivity index (χ2n) is 7.01. The van der Waals surface area contributed by atoms with Gasteiger partial charge < -0.3 is 14.4 Å². The number of fused-ring (bicyclic) bond motifs is 1. The molecule has 1 aliphatic heterocycles. The number of pyridine rings is 1. The summed E-state index contributed by atoms with van der Waals surface area (Å²) in [5.74, 6) is -0.432. The van der Waals surface area contributed by atoms with Crippen LogP contribution in [-0.4, -0.2) is 52.5 Å². The van der Waals surface area contributed by atoms with Gasteiger partial charge in [-0.3, -0.25) is 4.98 Å². The van der Waals surface area contributed by atoms with E-state index in [-0.39, 0.29) is 0 Å². The predicted molar refractivity (Wildman–Crippen MR) is 116 cm³/mol. The summed E-state index contributed by atoms with van der Waals surface area (Å²) in [6, 6.07) is 8.21. The van der Waals surface area contributed by atoms with Gasteiger partial charge in [-0.25, -0.2) is 15.0 Å². The molecule has 5 rings (SSSR count). The standard InChI is InChI=1S/C22H19N5O2S/c28-13-19(22-24-3-8-30-22)15-9-16(12-23-11-15)21-18-2-1-17(10-20(18)25-14-26-21)27-4-6-29-7-5-27/h1-3,8-14,19H,4-7H2. The van der Waals surface area contributed by atoms with Gasteiger partial charge >= 0.3 is 0 Å². The van der Waals surface area contributed by atoms with E-state index >= 15 is 0 Å². The van der Waals surface area contributed by atoms with Gasteiger partial charge in [0.05, 0.1) is 30.3 Å².